The van der Waals surface area contributed by atoms with Crippen LogP contribution in [0.15, 0.2) is 84.9 Å². The van der Waals surface area contributed by atoms with Crippen molar-refractivity contribution in [2.24, 2.45) is 0 Å². The standard InChI is InChI=1S/C32H42N4O4/c1-3-36(29-16-10-11-26(2)21-29)20-19-35(18-17-27-12-6-4-7-13-27)24-30(37)22-33-31(38)23-34-32(39)40-25-28-14-8-5-9-15-28/h4-16,21,30,37H,3,17-20,22-25H2,1-2H3,(H,33,38)(H,34,39). The number of likely N-dealkylation sites (N-methyl/N-ethyl adjacent to an activating group) is 1. The fraction of sp³-hybridized carbons (Fsp3) is 0.375. The molecule has 1 unspecified atom stereocenters. The molecule has 0 fully saturated rings. The fourth-order valence-corrected chi connectivity index (χ4v) is 4.37. The van der Waals surface area contributed by atoms with E-state index in [-0.39, 0.29) is 25.6 Å². The van der Waals surface area contributed by atoms with Crippen LogP contribution in [0.4, 0.5) is 10.5 Å². The summed E-state index contributed by atoms with van der Waals surface area (Å²) in [6.07, 6.45) is -0.551. The molecule has 0 heterocycles. The van der Waals surface area contributed by atoms with Gasteiger partial charge in [0.15, 0.2) is 0 Å². The molecule has 0 aliphatic carbocycles. The first kappa shape index (κ1) is 30.7. The second kappa shape index (κ2) is 16.9. The van der Waals surface area contributed by atoms with Gasteiger partial charge in [-0.3, -0.25) is 9.69 Å². The van der Waals surface area contributed by atoms with Crippen molar-refractivity contribution in [1.82, 2.24) is 15.5 Å². The van der Waals surface area contributed by atoms with Gasteiger partial charge in [0, 0.05) is 45.0 Å². The van der Waals surface area contributed by atoms with Crippen molar-refractivity contribution in [3.63, 3.8) is 0 Å². The van der Waals surface area contributed by atoms with Gasteiger partial charge >= 0.3 is 6.09 Å². The molecule has 3 aromatic carbocycles. The third-order valence-electron chi connectivity index (χ3n) is 6.60. The van der Waals surface area contributed by atoms with Crippen molar-refractivity contribution in [3.8, 4) is 0 Å². The van der Waals surface area contributed by atoms with Crippen molar-refractivity contribution in [2.45, 2.75) is 33.0 Å². The number of aliphatic hydroxyl groups excluding tert-OH is 1. The number of ether oxygens (including phenoxy) is 1. The number of nitrogens with one attached hydrogen (secondary N) is 2. The lowest BCUT2D eigenvalue weighted by atomic mass is 10.1. The number of hydrogen-bond donors (Lipinski definition) is 3. The summed E-state index contributed by atoms with van der Waals surface area (Å²) in [4.78, 5) is 28.7. The molecule has 0 saturated heterocycles. The number of alkyl carbamates (subject to hydrolysis) is 1. The van der Waals surface area contributed by atoms with Gasteiger partial charge in [-0.05, 0) is 49.1 Å². The first-order valence-electron chi connectivity index (χ1n) is 13.9. The summed E-state index contributed by atoms with van der Waals surface area (Å²) >= 11 is 0. The monoisotopic (exact) mass is 546 g/mol. The molecule has 0 aromatic heterocycles. The van der Waals surface area contributed by atoms with E-state index in [4.69, 9.17) is 4.74 Å². The van der Waals surface area contributed by atoms with Crippen LogP contribution in [-0.4, -0.2) is 73.9 Å². The number of anilines is 1. The number of hydrogen-bond acceptors (Lipinski definition) is 6. The van der Waals surface area contributed by atoms with Gasteiger partial charge in [0.1, 0.15) is 6.61 Å². The number of benzene rings is 3. The molecule has 0 saturated carbocycles. The lowest BCUT2D eigenvalue weighted by Gasteiger charge is -2.30. The van der Waals surface area contributed by atoms with Gasteiger partial charge in [-0.2, -0.15) is 0 Å². The number of aliphatic hydroxyl groups is 1. The van der Waals surface area contributed by atoms with Crippen LogP contribution in [0.3, 0.4) is 0 Å². The van der Waals surface area contributed by atoms with Crippen LogP contribution in [0.2, 0.25) is 0 Å². The summed E-state index contributed by atoms with van der Waals surface area (Å²) in [7, 11) is 0. The van der Waals surface area contributed by atoms with Gasteiger partial charge in [0.05, 0.1) is 12.6 Å². The Kier molecular flexibility index (Phi) is 13.0. The zero-order valence-electron chi connectivity index (χ0n) is 23.6. The van der Waals surface area contributed by atoms with Crippen LogP contribution >= 0.6 is 0 Å². The minimum Gasteiger partial charge on any atom is -0.445 e. The highest BCUT2D eigenvalue weighted by atomic mass is 16.5. The van der Waals surface area contributed by atoms with E-state index in [9.17, 15) is 14.7 Å². The molecule has 8 nitrogen and oxygen atoms in total. The third kappa shape index (κ3) is 11.5. The van der Waals surface area contributed by atoms with Crippen LogP contribution < -0.4 is 15.5 Å². The molecule has 8 heteroatoms. The molecule has 0 bridgehead atoms. The first-order valence-corrected chi connectivity index (χ1v) is 13.9. The molecule has 40 heavy (non-hydrogen) atoms. The number of aryl methyl sites for hydroxylation is 1. The Balaban J connectivity index is 1.45. The van der Waals surface area contributed by atoms with Crippen molar-refractivity contribution in [2.75, 3.05) is 50.7 Å². The van der Waals surface area contributed by atoms with E-state index in [0.717, 1.165) is 38.2 Å². The molecule has 3 aromatic rings. The summed E-state index contributed by atoms with van der Waals surface area (Å²) in [6.45, 7) is 7.93. The summed E-state index contributed by atoms with van der Waals surface area (Å²) in [6, 6.07) is 28.1. The smallest absolute Gasteiger partial charge is 0.407 e. The summed E-state index contributed by atoms with van der Waals surface area (Å²) in [5, 5.41) is 15.9. The fourth-order valence-electron chi connectivity index (χ4n) is 4.37. The zero-order chi connectivity index (χ0) is 28.6. The van der Waals surface area contributed by atoms with Crippen LogP contribution in [0.5, 0.6) is 0 Å². The predicted molar refractivity (Wildman–Crippen MR) is 159 cm³/mol. The van der Waals surface area contributed by atoms with E-state index in [1.807, 2.05) is 48.5 Å². The number of amides is 2. The highest BCUT2D eigenvalue weighted by Crippen LogP contribution is 2.15. The van der Waals surface area contributed by atoms with Gasteiger partial charge in [0.25, 0.3) is 0 Å². The Labute approximate surface area is 238 Å². The van der Waals surface area contributed by atoms with Gasteiger partial charge < -0.3 is 25.4 Å². The molecule has 0 spiro atoms. The minimum absolute atomic E-state index is 0.0940. The number of nitrogens with zero attached hydrogens (tertiary/aromatic N) is 2. The molecule has 1 atom stereocenters. The van der Waals surface area contributed by atoms with E-state index >= 15 is 0 Å². The molecule has 2 amide bonds. The number of carbonyl (C=O) groups excluding carboxylic acids is 2. The lowest BCUT2D eigenvalue weighted by molar-refractivity contribution is -0.120. The SMILES string of the molecule is CCN(CCN(CCc1ccccc1)CC(O)CNC(=O)CNC(=O)OCc1ccccc1)c1cccc(C)c1. The third-order valence-corrected chi connectivity index (χ3v) is 6.60. The average Bonchev–Trinajstić information content (AvgIpc) is 2.98. The first-order chi connectivity index (χ1) is 19.4. The van der Waals surface area contributed by atoms with E-state index in [0.29, 0.717) is 6.54 Å². The van der Waals surface area contributed by atoms with Gasteiger partial charge in [-0.25, -0.2) is 4.79 Å². The molecular weight excluding hydrogens is 504 g/mol. The van der Waals surface area contributed by atoms with Crippen LogP contribution in [0, 0.1) is 6.92 Å². The molecule has 0 aliphatic heterocycles. The second-order valence-corrected chi connectivity index (χ2v) is 9.83. The lowest BCUT2D eigenvalue weighted by Crippen LogP contribution is -2.45. The van der Waals surface area contributed by atoms with E-state index < -0.39 is 12.2 Å². The van der Waals surface area contributed by atoms with Gasteiger partial charge in [0.2, 0.25) is 5.91 Å². The normalized spacial score (nSPS) is 11.6. The van der Waals surface area contributed by atoms with Gasteiger partial charge in [-0.1, -0.05) is 72.8 Å². The quantitative estimate of drug-likeness (QED) is 0.253. The van der Waals surface area contributed by atoms with Crippen LogP contribution in [0.1, 0.15) is 23.6 Å². The molecule has 0 radical (unpaired) electrons. The van der Waals surface area contributed by atoms with Crippen molar-refractivity contribution >= 4 is 17.7 Å². The molecule has 3 rings (SSSR count). The largest absolute Gasteiger partial charge is 0.445 e. The van der Waals surface area contributed by atoms with E-state index in [1.165, 1.54) is 16.8 Å². The molecular formula is C32H42N4O4. The minimum atomic E-state index is -0.751. The van der Waals surface area contributed by atoms with Gasteiger partial charge in [-0.15, -0.1) is 0 Å². The molecule has 214 valence electrons. The number of rotatable bonds is 16. The zero-order valence-corrected chi connectivity index (χ0v) is 23.6. The summed E-state index contributed by atoms with van der Waals surface area (Å²) < 4.78 is 5.12. The maximum atomic E-state index is 12.2. The maximum Gasteiger partial charge on any atom is 0.407 e. The van der Waals surface area contributed by atoms with Crippen molar-refractivity contribution < 1.29 is 19.4 Å². The molecule has 3 N–H and O–H groups in total. The Bertz CT molecular complexity index is 1160. The highest BCUT2D eigenvalue weighted by Gasteiger charge is 2.15. The summed E-state index contributed by atoms with van der Waals surface area (Å²) in [5.41, 5.74) is 4.52. The average molecular weight is 547 g/mol. The highest BCUT2D eigenvalue weighted by molar-refractivity contribution is 5.82. The van der Waals surface area contributed by atoms with Crippen LogP contribution in [-0.2, 0) is 22.6 Å². The Morgan fingerprint density at radius 2 is 1.57 bits per heavy atom. The van der Waals surface area contributed by atoms with E-state index in [1.54, 1.807) is 0 Å². The van der Waals surface area contributed by atoms with Crippen LogP contribution in [0.25, 0.3) is 0 Å². The molecule has 0 aliphatic rings. The summed E-state index contributed by atoms with van der Waals surface area (Å²) in [5.74, 6) is -0.386. The topological polar surface area (TPSA) is 94.1 Å². The Morgan fingerprint density at radius 1 is 0.875 bits per heavy atom. The Morgan fingerprint density at radius 3 is 2.25 bits per heavy atom. The Hall–Kier alpha value is -3.88. The number of carbonyl (C=O) groups is 2. The van der Waals surface area contributed by atoms with E-state index in [2.05, 4.69) is 70.7 Å². The predicted octanol–water partition coefficient (Wildman–Crippen LogP) is 3.77. The van der Waals surface area contributed by atoms with Crippen molar-refractivity contribution in [1.29, 1.82) is 0 Å². The van der Waals surface area contributed by atoms with Crippen molar-refractivity contribution in [3.05, 3.63) is 102 Å². The maximum absolute atomic E-state index is 12.2. The second-order valence-electron chi connectivity index (χ2n) is 9.83.